The highest BCUT2D eigenvalue weighted by Gasteiger charge is 2.25. The van der Waals surface area contributed by atoms with Crippen LogP contribution < -0.4 is 5.32 Å². The van der Waals surface area contributed by atoms with Crippen LogP contribution in [-0.4, -0.2) is 10.9 Å². The topological polar surface area (TPSA) is 44.9 Å². The van der Waals surface area contributed by atoms with Gasteiger partial charge in [-0.25, -0.2) is 13.2 Å². The molecule has 3 aromatic carbocycles. The molecule has 4 rings (SSSR count). The molecule has 0 unspecified atom stereocenters. The van der Waals surface area contributed by atoms with Gasteiger partial charge in [0.05, 0.1) is 0 Å². The van der Waals surface area contributed by atoms with Crippen LogP contribution in [0.3, 0.4) is 0 Å². The number of benzene rings is 3. The fourth-order valence-electron chi connectivity index (χ4n) is 3.83. The molecule has 6 heteroatoms. The van der Waals surface area contributed by atoms with E-state index in [0.717, 1.165) is 48.6 Å². The van der Waals surface area contributed by atoms with Gasteiger partial charge >= 0.3 is 0 Å². The Kier molecular flexibility index (Phi) is 8.39. The van der Waals surface area contributed by atoms with Crippen LogP contribution in [0.15, 0.2) is 66.9 Å². The third-order valence-electron chi connectivity index (χ3n) is 5.81. The highest BCUT2D eigenvalue weighted by molar-refractivity contribution is 6.04. The Balaban J connectivity index is 0.000000256. The average Bonchev–Trinajstić information content (AvgIpc) is 3.28. The minimum atomic E-state index is -3.18. The van der Waals surface area contributed by atoms with E-state index in [1.54, 1.807) is 12.1 Å². The lowest BCUT2D eigenvalue weighted by molar-refractivity contribution is 0.0172. The Morgan fingerprint density at radius 1 is 1.00 bits per heavy atom. The van der Waals surface area contributed by atoms with Crippen LogP contribution in [0.1, 0.15) is 59.8 Å². The molecular formula is C29H31F3N2O. The van der Waals surface area contributed by atoms with Crippen LogP contribution in [0.4, 0.5) is 18.9 Å². The summed E-state index contributed by atoms with van der Waals surface area (Å²) in [5.74, 6) is -4.46. The molecule has 0 bridgehead atoms. The summed E-state index contributed by atoms with van der Waals surface area (Å²) in [5, 5.41) is 3.79. The number of aromatic amines is 1. The molecule has 1 aromatic heterocycles. The molecule has 0 radical (unpaired) electrons. The molecule has 0 saturated carbocycles. The highest BCUT2D eigenvalue weighted by atomic mass is 19.3. The molecule has 0 aliphatic rings. The van der Waals surface area contributed by atoms with E-state index in [0.29, 0.717) is 12.5 Å². The zero-order valence-electron chi connectivity index (χ0n) is 20.5. The van der Waals surface area contributed by atoms with Crippen molar-refractivity contribution in [1.29, 1.82) is 0 Å². The van der Waals surface area contributed by atoms with Gasteiger partial charge in [-0.1, -0.05) is 32.4 Å². The van der Waals surface area contributed by atoms with Crippen molar-refractivity contribution < 1.29 is 18.0 Å². The number of H-pyrrole nitrogens is 1. The Bertz CT molecular complexity index is 1310. The number of alkyl halides is 2. The van der Waals surface area contributed by atoms with Gasteiger partial charge in [-0.3, -0.25) is 4.79 Å². The van der Waals surface area contributed by atoms with Crippen molar-refractivity contribution in [1.82, 2.24) is 4.98 Å². The normalized spacial score (nSPS) is 11.2. The first-order valence-corrected chi connectivity index (χ1v) is 11.8. The number of anilines is 1. The van der Waals surface area contributed by atoms with E-state index in [2.05, 4.69) is 48.4 Å². The van der Waals surface area contributed by atoms with Crippen molar-refractivity contribution in [2.24, 2.45) is 0 Å². The molecule has 0 aliphatic carbocycles. The quantitative estimate of drug-likeness (QED) is 0.287. The smallest absolute Gasteiger partial charge is 0.270 e. The van der Waals surface area contributed by atoms with Crippen LogP contribution >= 0.6 is 0 Å². The number of carbonyl (C=O) groups is 1. The first-order valence-electron chi connectivity index (χ1n) is 11.8. The number of halogens is 3. The van der Waals surface area contributed by atoms with Crippen LogP contribution in [0.25, 0.3) is 10.9 Å². The number of amides is 1. The fourth-order valence-corrected chi connectivity index (χ4v) is 3.83. The van der Waals surface area contributed by atoms with Gasteiger partial charge in [-0.15, -0.1) is 0 Å². The van der Waals surface area contributed by atoms with Gasteiger partial charge < -0.3 is 10.3 Å². The Hall–Kier alpha value is -3.54. The van der Waals surface area contributed by atoms with E-state index in [1.165, 1.54) is 16.5 Å². The molecule has 0 atom stereocenters. The van der Waals surface area contributed by atoms with Gasteiger partial charge in [0.2, 0.25) is 0 Å². The minimum absolute atomic E-state index is 0.00631. The number of aryl methyl sites for hydroxylation is 3. The Morgan fingerprint density at radius 2 is 1.77 bits per heavy atom. The van der Waals surface area contributed by atoms with Crippen molar-refractivity contribution in [3.05, 3.63) is 100 Å². The van der Waals surface area contributed by atoms with Crippen LogP contribution in [0, 0.1) is 12.7 Å². The third-order valence-corrected chi connectivity index (χ3v) is 5.81. The number of nitrogens with one attached hydrogen (secondary N) is 2. The predicted octanol–water partition coefficient (Wildman–Crippen LogP) is 8.18. The minimum Gasteiger partial charge on any atom is -0.361 e. The summed E-state index contributed by atoms with van der Waals surface area (Å²) in [6.45, 7) is 6.85. The maximum Gasteiger partial charge on any atom is 0.270 e. The van der Waals surface area contributed by atoms with Crippen LogP contribution in [-0.2, 0) is 18.8 Å². The van der Waals surface area contributed by atoms with E-state index < -0.39 is 23.2 Å². The van der Waals surface area contributed by atoms with Crippen molar-refractivity contribution in [2.75, 3.05) is 5.32 Å². The van der Waals surface area contributed by atoms with Gasteiger partial charge in [0.25, 0.3) is 11.8 Å². The van der Waals surface area contributed by atoms with Crippen molar-refractivity contribution in [3.8, 4) is 0 Å². The van der Waals surface area contributed by atoms with Crippen LogP contribution in [0.5, 0.6) is 0 Å². The van der Waals surface area contributed by atoms with E-state index in [1.807, 2.05) is 19.2 Å². The summed E-state index contributed by atoms with van der Waals surface area (Å²) in [6, 6.07) is 16.8. The predicted molar refractivity (Wildman–Crippen MR) is 137 cm³/mol. The Labute approximate surface area is 204 Å². The fraction of sp³-hybridized carbons (Fsp3) is 0.276. The molecule has 0 saturated heterocycles. The molecule has 1 amide bonds. The molecule has 0 fully saturated rings. The maximum atomic E-state index is 13.5. The largest absolute Gasteiger partial charge is 0.361 e. The first-order chi connectivity index (χ1) is 16.6. The molecule has 0 spiro atoms. The highest BCUT2D eigenvalue weighted by Crippen LogP contribution is 2.30. The number of hydrogen-bond acceptors (Lipinski definition) is 1. The Morgan fingerprint density at radius 3 is 2.43 bits per heavy atom. The van der Waals surface area contributed by atoms with Crippen molar-refractivity contribution >= 4 is 22.5 Å². The maximum absolute atomic E-state index is 13.5. The average molecular weight is 481 g/mol. The molecular weight excluding hydrogens is 449 g/mol. The standard InChI is InChI=1S/C19H20F3NO.C10H11N/c1-4-5-13-6-7-14(8-12(13)2)18(24)23-17-10-15(19(3,21)22)9-16(20)11-17;1-2-8-3-4-10-9(7-8)5-6-11-10/h6-11H,4-5H2,1-3H3,(H,23,24);3-7,11H,2H2,1H3. The second-order valence-electron chi connectivity index (χ2n) is 8.72. The zero-order valence-corrected chi connectivity index (χ0v) is 20.5. The summed E-state index contributed by atoms with van der Waals surface area (Å²) in [6.07, 6.45) is 5.02. The van der Waals surface area contributed by atoms with Gasteiger partial charge in [-0.05, 0) is 90.4 Å². The second kappa shape index (κ2) is 11.3. The molecule has 1 heterocycles. The summed E-state index contributed by atoms with van der Waals surface area (Å²) in [7, 11) is 0. The number of fused-ring (bicyclic) bond motifs is 1. The molecule has 35 heavy (non-hydrogen) atoms. The lowest BCUT2D eigenvalue weighted by Gasteiger charge is -2.13. The SMILES string of the molecule is CCCc1ccc(C(=O)Nc2cc(F)cc(C(C)(F)F)c2)cc1C.CCc1ccc2[nH]ccc2c1. The monoisotopic (exact) mass is 480 g/mol. The van der Waals surface area contributed by atoms with Gasteiger partial charge in [0, 0.05) is 35.5 Å². The van der Waals surface area contributed by atoms with Crippen molar-refractivity contribution in [2.45, 2.75) is 52.9 Å². The zero-order chi connectivity index (χ0) is 25.6. The number of rotatable bonds is 6. The molecule has 0 aliphatic heterocycles. The van der Waals surface area contributed by atoms with Gasteiger partial charge in [0.15, 0.2) is 0 Å². The summed E-state index contributed by atoms with van der Waals surface area (Å²) in [5.41, 5.74) is 4.71. The molecule has 184 valence electrons. The molecule has 4 aromatic rings. The lowest BCUT2D eigenvalue weighted by Crippen LogP contribution is -2.14. The second-order valence-corrected chi connectivity index (χ2v) is 8.72. The molecule has 2 N–H and O–H groups in total. The van der Waals surface area contributed by atoms with Gasteiger partial charge in [0.1, 0.15) is 5.82 Å². The van der Waals surface area contributed by atoms with E-state index >= 15 is 0 Å². The van der Waals surface area contributed by atoms with E-state index in [4.69, 9.17) is 0 Å². The molecule has 3 nitrogen and oxygen atoms in total. The third kappa shape index (κ3) is 6.98. The van der Waals surface area contributed by atoms with E-state index in [-0.39, 0.29) is 5.69 Å². The number of aromatic nitrogens is 1. The van der Waals surface area contributed by atoms with E-state index in [9.17, 15) is 18.0 Å². The van der Waals surface area contributed by atoms with Crippen molar-refractivity contribution in [3.63, 3.8) is 0 Å². The summed E-state index contributed by atoms with van der Waals surface area (Å²) < 4.78 is 40.3. The van der Waals surface area contributed by atoms with Crippen LogP contribution in [0.2, 0.25) is 0 Å². The summed E-state index contributed by atoms with van der Waals surface area (Å²) >= 11 is 0. The number of carbonyl (C=O) groups excluding carboxylic acids is 1. The summed E-state index contributed by atoms with van der Waals surface area (Å²) in [4.78, 5) is 15.5. The van der Waals surface area contributed by atoms with Gasteiger partial charge in [-0.2, -0.15) is 0 Å². The number of hydrogen-bond donors (Lipinski definition) is 2. The first kappa shape index (κ1) is 26.1. The lowest BCUT2D eigenvalue weighted by atomic mass is 10.0.